The van der Waals surface area contributed by atoms with Crippen LogP contribution in [-0.2, 0) is 14.8 Å². The molecule has 1 aromatic carbocycles. The van der Waals surface area contributed by atoms with Crippen LogP contribution in [0.25, 0.3) is 0 Å². The molecule has 118 valence electrons. The number of carbonyl (C=O) groups excluding carboxylic acids is 1. The van der Waals surface area contributed by atoms with Gasteiger partial charge in [-0.15, -0.1) is 0 Å². The lowest BCUT2D eigenvalue weighted by Crippen LogP contribution is -2.37. The minimum Gasteiger partial charge on any atom is -0.398 e. The highest BCUT2D eigenvalue weighted by Gasteiger charge is 2.28. The van der Waals surface area contributed by atoms with Crippen LogP contribution in [0.5, 0.6) is 0 Å². The molecule has 21 heavy (non-hydrogen) atoms. The number of nitrogens with one attached hydrogen (secondary N) is 1. The summed E-state index contributed by atoms with van der Waals surface area (Å²) in [6, 6.07) is 2.05. The van der Waals surface area contributed by atoms with Crippen LogP contribution in [0.2, 0.25) is 0 Å². The number of nitrogens with zero attached hydrogens (tertiary/aromatic N) is 1. The Bertz CT molecular complexity index is 651. The zero-order valence-corrected chi connectivity index (χ0v) is 14.3. The molecule has 0 aliphatic rings. The summed E-state index contributed by atoms with van der Waals surface area (Å²) in [6.07, 6.45) is 0. The van der Waals surface area contributed by atoms with Crippen LogP contribution in [0.3, 0.4) is 0 Å². The van der Waals surface area contributed by atoms with Gasteiger partial charge >= 0.3 is 0 Å². The predicted octanol–water partition coefficient (Wildman–Crippen LogP) is 1.17. The van der Waals surface area contributed by atoms with Gasteiger partial charge in [-0.05, 0) is 28.1 Å². The summed E-state index contributed by atoms with van der Waals surface area (Å²) in [5, 5.41) is 2.43. The van der Waals surface area contributed by atoms with Gasteiger partial charge in [0.25, 0.3) is 0 Å². The first-order valence-electron chi connectivity index (χ1n) is 6.03. The minimum atomic E-state index is -4.07. The number of anilines is 1. The summed E-state index contributed by atoms with van der Waals surface area (Å²) in [6.45, 7) is 1.51. The molecule has 0 aliphatic carbocycles. The molecule has 1 unspecified atom stereocenters. The number of halogens is 2. The van der Waals surface area contributed by atoms with Crippen molar-refractivity contribution in [1.29, 1.82) is 0 Å². The van der Waals surface area contributed by atoms with Crippen molar-refractivity contribution in [1.82, 2.24) is 9.62 Å². The number of carbonyl (C=O) groups is 1. The van der Waals surface area contributed by atoms with Gasteiger partial charge in [0.1, 0.15) is 10.7 Å². The highest BCUT2D eigenvalue weighted by atomic mass is 79.9. The van der Waals surface area contributed by atoms with Crippen LogP contribution < -0.4 is 11.1 Å². The maximum atomic E-state index is 13.9. The number of amides is 1. The van der Waals surface area contributed by atoms with E-state index in [9.17, 15) is 17.6 Å². The molecule has 1 amide bonds. The molecule has 0 spiro atoms. The number of rotatable bonds is 5. The van der Waals surface area contributed by atoms with Gasteiger partial charge in [0.05, 0.1) is 0 Å². The van der Waals surface area contributed by atoms with E-state index in [0.29, 0.717) is 0 Å². The van der Waals surface area contributed by atoms with Crippen LogP contribution in [0.15, 0.2) is 21.5 Å². The quantitative estimate of drug-likeness (QED) is 0.748. The molecule has 0 bridgehead atoms. The van der Waals surface area contributed by atoms with Gasteiger partial charge in [0.15, 0.2) is 0 Å². The number of nitrogen functional groups attached to an aromatic ring is 1. The smallest absolute Gasteiger partial charge is 0.245 e. The second kappa shape index (κ2) is 6.71. The fourth-order valence-corrected chi connectivity index (χ4v) is 3.38. The third-order valence-corrected chi connectivity index (χ3v) is 5.49. The number of sulfonamides is 1. The normalized spacial score (nSPS) is 13.2. The van der Waals surface area contributed by atoms with Crippen LogP contribution in [0.1, 0.15) is 6.92 Å². The SMILES string of the molecule is CNC(=O)C(C)CN(C)S(=O)(=O)c1cc(N)c(Br)cc1F. The van der Waals surface area contributed by atoms with E-state index in [2.05, 4.69) is 21.2 Å². The van der Waals surface area contributed by atoms with Gasteiger partial charge in [0.2, 0.25) is 15.9 Å². The largest absolute Gasteiger partial charge is 0.398 e. The first-order valence-corrected chi connectivity index (χ1v) is 8.27. The summed E-state index contributed by atoms with van der Waals surface area (Å²) in [5.41, 5.74) is 5.71. The van der Waals surface area contributed by atoms with Crippen LogP contribution in [0.4, 0.5) is 10.1 Å². The second-order valence-electron chi connectivity index (χ2n) is 4.60. The molecule has 0 heterocycles. The first kappa shape index (κ1) is 17.9. The van der Waals surface area contributed by atoms with E-state index in [1.807, 2.05) is 0 Å². The Kier molecular flexibility index (Phi) is 5.71. The highest BCUT2D eigenvalue weighted by molar-refractivity contribution is 9.10. The predicted molar refractivity (Wildman–Crippen MR) is 81.6 cm³/mol. The number of hydrogen-bond donors (Lipinski definition) is 2. The van der Waals surface area contributed by atoms with Gasteiger partial charge in [-0.25, -0.2) is 17.1 Å². The van der Waals surface area contributed by atoms with Gasteiger partial charge in [-0.3, -0.25) is 4.79 Å². The Morgan fingerprint density at radius 1 is 1.52 bits per heavy atom. The fraction of sp³-hybridized carbons (Fsp3) is 0.417. The highest BCUT2D eigenvalue weighted by Crippen LogP contribution is 2.27. The monoisotopic (exact) mass is 381 g/mol. The van der Waals surface area contributed by atoms with Gasteiger partial charge in [-0.1, -0.05) is 6.92 Å². The molecule has 3 N–H and O–H groups in total. The zero-order chi connectivity index (χ0) is 16.4. The average Bonchev–Trinajstić information content (AvgIpc) is 2.41. The molecule has 0 fully saturated rings. The standard InChI is InChI=1S/C12H17BrFN3O3S/c1-7(12(18)16-2)6-17(3)21(19,20)11-5-10(15)8(13)4-9(11)14/h4-5,7H,6,15H2,1-3H3,(H,16,18). The van der Waals surface area contributed by atoms with Crippen molar-refractivity contribution < 1.29 is 17.6 Å². The Labute approximate surface area is 131 Å². The van der Waals surface area contributed by atoms with Gasteiger partial charge < -0.3 is 11.1 Å². The first-order chi connectivity index (χ1) is 9.61. The summed E-state index contributed by atoms with van der Waals surface area (Å²) in [5.74, 6) is -1.77. The number of hydrogen-bond acceptors (Lipinski definition) is 4. The maximum absolute atomic E-state index is 13.9. The van der Waals surface area contributed by atoms with Gasteiger partial charge in [-0.2, -0.15) is 0 Å². The van der Waals surface area contributed by atoms with Crippen molar-refractivity contribution in [3.05, 3.63) is 22.4 Å². The molecular weight excluding hydrogens is 365 g/mol. The topological polar surface area (TPSA) is 92.5 Å². The Balaban J connectivity index is 3.11. The molecule has 6 nitrogen and oxygen atoms in total. The second-order valence-corrected chi connectivity index (χ2v) is 7.47. The lowest BCUT2D eigenvalue weighted by atomic mass is 10.2. The van der Waals surface area contributed by atoms with Crippen molar-refractivity contribution in [2.45, 2.75) is 11.8 Å². The Morgan fingerprint density at radius 3 is 2.62 bits per heavy atom. The maximum Gasteiger partial charge on any atom is 0.245 e. The molecule has 1 rings (SSSR count). The van der Waals surface area contributed by atoms with Gasteiger partial charge in [0, 0.05) is 36.7 Å². The third kappa shape index (κ3) is 3.92. The van der Waals surface area contributed by atoms with Crippen molar-refractivity contribution in [2.24, 2.45) is 5.92 Å². The third-order valence-electron chi connectivity index (χ3n) is 2.96. The van der Waals surface area contributed by atoms with E-state index in [4.69, 9.17) is 5.73 Å². The van der Waals surface area contributed by atoms with E-state index in [-0.39, 0.29) is 22.6 Å². The minimum absolute atomic E-state index is 0.0720. The van der Waals surface area contributed by atoms with Crippen LogP contribution >= 0.6 is 15.9 Å². The number of benzene rings is 1. The van der Waals surface area contributed by atoms with Crippen molar-refractivity contribution in [3.8, 4) is 0 Å². The molecule has 0 saturated heterocycles. The van der Waals surface area contributed by atoms with Crippen molar-refractivity contribution >= 4 is 37.5 Å². The van der Waals surface area contributed by atoms with Crippen LogP contribution in [0, 0.1) is 11.7 Å². The fourth-order valence-electron chi connectivity index (χ4n) is 1.72. The summed E-state index contributed by atoms with van der Waals surface area (Å²) >= 11 is 3.03. The molecule has 0 aliphatic heterocycles. The Morgan fingerprint density at radius 2 is 2.10 bits per heavy atom. The van der Waals surface area contributed by atoms with E-state index < -0.39 is 26.7 Å². The lowest BCUT2D eigenvalue weighted by Gasteiger charge is -2.21. The van der Waals surface area contributed by atoms with E-state index >= 15 is 0 Å². The van der Waals surface area contributed by atoms with E-state index in [0.717, 1.165) is 16.4 Å². The number of nitrogens with two attached hydrogens (primary N) is 1. The van der Waals surface area contributed by atoms with Crippen molar-refractivity contribution in [3.63, 3.8) is 0 Å². The summed E-state index contributed by atoms with van der Waals surface area (Å²) < 4.78 is 39.8. The summed E-state index contributed by atoms with van der Waals surface area (Å²) in [4.78, 5) is 10.9. The van der Waals surface area contributed by atoms with Crippen molar-refractivity contribution in [2.75, 3.05) is 26.4 Å². The average molecular weight is 382 g/mol. The molecule has 0 aromatic heterocycles. The lowest BCUT2D eigenvalue weighted by molar-refractivity contribution is -0.124. The summed E-state index contributed by atoms with van der Waals surface area (Å²) in [7, 11) is -1.32. The zero-order valence-electron chi connectivity index (χ0n) is 11.9. The molecule has 9 heteroatoms. The molecule has 0 radical (unpaired) electrons. The van der Waals surface area contributed by atoms with Crippen LogP contribution in [-0.4, -0.2) is 39.3 Å². The molecule has 1 aromatic rings. The van der Waals surface area contributed by atoms with E-state index in [1.54, 1.807) is 6.92 Å². The molecular formula is C12H17BrFN3O3S. The van der Waals surface area contributed by atoms with E-state index in [1.165, 1.54) is 14.1 Å². The Hall–Kier alpha value is -1.19. The molecule has 0 saturated carbocycles. The molecule has 1 atom stereocenters.